The summed E-state index contributed by atoms with van der Waals surface area (Å²) in [5.74, 6) is -0.498. The molecule has 0 aliphatic heterocycles. The largest absolute Gasteiger partial charge is 0.351 e. The molecule has 1 aromatic heterocycles. The van der Waals surface area contributed by atoms with Crippen LogP contribution in [-0.4, -0.2) is 28.6 Å². The number of amides is 2. The van der Waals surface area contributed by atoms with Crippen molar-refractivity contribution in [2.45, 2.75) is 64.1 Å². The normalized spacial score (nSPS) is 16.1. The highest BCUT2D eigenvalue weighted by molar-refractivity contribution is 7.09. The average Bonchev–Trinajstić information content (AvgIpc) is 3.11. The van der Waals surface area contributed by atoms with E-state index in [9.17, 15) is 9.59 Å². The van der Waals surface area contributed by atoms with Gasteiger partial charge in [0.1, 0.15) is 11.9 Å². The zero-order valence-electron chi connectivity index (χ0n) is 16.9. The Morgan fingerprint density at radius 2 is 1.83 bits per heavy atom. The molecule has 1 atom stereocenters. The first kappa shape index (κ1) is 21.8. The lowest BCUT2D eigenvalue weighted by Gasteiger charge is -2.32. The first-order valence-electron chi connectivity index (χ1n) is 10.3. The summed E-state index contributed by atoms with van der Waals surface area (Å²) >= 11 is 7.52. The summed E-state index contributed by atoms with van der Waals surface area (Å²) in [6.07, 6.45) is 6.73. The van der Waals surface area contributed by atoms with Crippen molar-refractivity contribution in [3.8, 4) is 0 Å². The summed E-state index contributed by atoms with van der Waals surface area (Å²) in [6.45, 7) is 2.39. The first-order valence-corrected chi connectivity index (χ1v) is 11.7. The quantitative estimate of drug-likeness (QED) is 0.482. The molecular formula is C23H29ClN2O2S. The number of carbonyl (C=O) groups excluding carboxylic acids is 2. The number of nitrogens with one attached hydrogen (secondary N) is 1. The van der Waals surface area contributed by atoms with E-state index in [1.54, 1.807) is 16.2 Å². The minimum atomic E-state index is -0.688. The van der Waals surface area contributed by atoms with Crippen LogP contribution in [0.15, 0.2) is 41.8 Å². The first-order chi connectivity index (χ1) is 14.1. The van der Waals surface area contributed by atoms with E-state index < -0.39 is 6.04 Å². The van der Waals surface area contributed by atoms with Gasteiger partial charge in [-0.1, -0.05) is 61.6 Å². The van der Waals surface area contributed by atoms with Gasteiger partial charge >= 0.3 is 0 Å². The fourth-order valence-electron chi connectivity index (χ4n) is 3.90. The van der Waals surface area contributed by atoms with Crippen molar-refractivity contribution in [3.63, 3.8) is 0 Å². The van der Waals surface area contributed by atoms with E-state index in [1.165, 1.54) is 12.8 Å². The number of aryl methyl sites for hydroxylation is 1. The Bertz CT molecular complexity index is 784. The third kappa shape index (κ3) is 6.06. The molecule has 4 nitrogen and oxygen atoms in total. The Morgan fingerprint density at radius 1 is 1.14 bits per heavy atom. The molecule has 0 radical (unpaired) electrons. The molecule has 1 aliphatic rings. The number of hydrogen-bond donors (Lipinski definition) is 1. The van der Waals surface area contributed by atoms with Crippen LogP contribution in [0.3, 0.4) is 0 Å². The second kappa shape index (κ2) is 10.8. The minimum absolute atomic E-state index is 0.115. The highest BCUT2D eigenvalue weighted by atomic mass is 35.5. The van der Waals surface area contributed by atoms with E-state index in [0.29, 0.717) is 6.54 Å². The van der Waals surface area contributed by atoms with E-state index in [1.807, 2.05) is 48.7 Å². The highest BCUT2D eigenvalue weighted by Crippen LogP contribution is 2.27. The monoisotopic (exact) mass is 432 g/mol. The molecule has 1 N–H and O–H groups in total. The third-order valence-electron chi connectivity index (χ3n) is 5.50. The molecule has 0 bridgehead atoms. The average molecular weight is 433 g/mol. The second-order valence-corrected chi connectivity index (χ2v) is 9.04. The predicted molar refractivity (Wildman–Crippen MR) is 119 cm³/mol. The zero-order chi connectivity index (χ0) is 20.6. The summed E-state index contributed by atoms with van der Waals surface area (Å²) in [6, 6.07) is 11.3. The molecule has 0 unspecified atom stereocenters. The van der Waals surface area contributed by atoms with Crippen molar-refractivity contribution in [3.05, 3.63) is 57.8 Å². The Balaban J connectivity index is 1.90. The summed E-state index contributed by atoms with van der Waals surface area (Å²) in [4.78, 5) is 28.9. The van der Waals surface area contributed by atoms with Gasteiger partial charge in [-0.2, -0.15) is 0 Å². The van der Waals surface area contributed by atoms with Crippen molar-refractivity contribution in [2.75, 3.05) is 5.88 Å². The molecule has 1 aliphatic carbocycles. The predicted octanol–water partition coefficient (Wildman–Crippen LogP) is 5.20. The fraction of sp³-hybridized carbons (Fsp3) is 0.478. The minimum Gasteiger partial charge on any atom is -0.351 e. The lowest BCUT2D eigenvalue weighted by atomic mass is 10.0. The molecule has 1 heterocycles. The molecule has 2 amide bonds. The van der Waals surface area contributed by atoms with E-state index in [4.69, 9.17) is 11.6 Å². The molecule has 2 aromatic rings. The summed E-state index contributed by atoms with van der Waals surface area (Å²) in [7, 11) is 0. The van der Waals surface area contributed by atoms with Crippen molar-refractivity contribution in [1.82, 2.24) is 10.2 Å². The van der Waals surface area contributed by atoms with Gasteiger partial charge in [0.2, 0.25) is 11.8 Å². The zero-order valence-corrected chi connectivity index (χ0v) is 18.5. The number of rotatable bonds is 7. The van der Waals surface area contributed by atoms with Gasteiger partial charge in [0.25, 0.3) is 0 Å². The molecular weight excluding hydrogens is 404 g/mol. The molecule has 0 spiro atoms. The fourth-order valence-corrected chi connectivity index (χ4v) is 4.75. The van der Waals surface area contributed by atoms with Gasteiger partial charge < -0.3 is 10.2 Å². The van der Waals surface area contributed by atoms with E-state index in [2.05, 4.69) is 5.32 Å². The van der Waals surface area contributed by atoms with Crippen molar-refractivity contribution >= 4 is 34.8 Å². The number of halogens is 1. The maximum Gasteiger partial charge on any atom is 0.247 e. The Morgan fingerprint density at radius 3 is 2.41 bits per heavy atom. The van der Waals surface area contributed by atoms with Crippen LogP contribution in [0.4, 0.5) is 0 Å². The summed E-state index contributed by atoms with van der Waals surface area (Å²) in [5.41, 5.74) is 1.93. The molecule has 156 valence electrons. The number of carbonyl (C=O) groups is 2. The van der Waals surface area contributed by atoms with Gasteiger partial charge in [0.05, 0.1) is 6.54 Å². The van der Waals surface area contributed by atoms with Crippen molar-refractivity contribution in [1.29, 1.82) is 0 Å². The molecule has 29 heavy (non-hydrogen) atoms. The number of thiophene rings is 1. The standard InChI is InChI=1S/C23H29ClN2O2S/c1-17-10-12-18(13-11-17)22(23(28)25-19-7-4-2-3-5-8-19)26(21(27)15-24)16-20-9-6-14-29-20/h6,9-14,19,22H,2-5,7-8,15-16H2,1H3,(H,25,28)/t22-/m1/s1. The number of benzene rings is 1. The molecule has 1 aromatic carbocycles. The molecule has 1 saturated carbocycles. The molecule has 1 fully saturated rings. The number of nitrogens with zero attached hydrogens (tertiary/aromatic N) is 1. The van der Waals surface area contributed by atoms with Crippen LogP contribution in [-0.2, 0) is 16.1 Å². The van der Waals surface area contributed by atoms with Crippen LogP contribution >= 0.6 is 22.9 Å². The van der Waals surface area contributed by atoms with Gasteiger partial charge in [-0.05, 0) is 36.8 Å². The molecule has 0 saturated heterocycles. The van der Waals surface area contributed by atoms with Gasteiger partial charge in [-0.15, -0.1) is 22.9 Å². The second-order valence-electron chi connectivity index (χ2n) is 7.74. The van der Waals surface area contributed by atoms with Gasteiger partial charge in [0, 0.05) is 10.9 Å². The summed E-state index contributed by atoms with van der Waals surface area (Å²) < 4.78 is 0. The van der Waals surface area contributed by atoms with Crippen LogP contribution in [0.1, 0.15) is 60.6 Å². The topological polar surface area (TPSA) is 49.4 Å². The van der Waals surface area contributed by atoms with E-state index in [0.717, 1.165) is 41.7 Å². The summed E-state index contributed by atoms with van der Waals surface area (Å²) in [5, 5.41) is 5.22. The van der Waals surface area contributed by atoms with Crippen LogP contribution in [0.5, 0.6) is 0 Å². The van der Waals surface area contributed by atoms with Crippen molar-refractivity contribution in [2.24, 2.45) is 0 Å². The van der Waals surface area contributed by atoms with Gasteiger partial charge in [-0.3, -0.25) is 9.59 Å². The Kier molecular flexibility index (Phi) is 8.13. The Labute approximate surface area is 182 Å². The number of alkyl halides is 1. The van der Waals surface area contributed by atoms with Gasteiger partial charge in [0.15, 0.2) is 0 Å². The molecule has 6 heteroatoms. The highest BCUT2D eigenvalue weighted by Gasteiger charge is 2.32. The molecule has 3 rings (SSSR count). The van der Waals surface area contributed by atoms with E-state index >= 15 is 0 Å². The Hall–Kier alpha value is -1.85. The van der Waals surface area contributed by atoms with Crippen LogP contribution in [0.2, 0.25) is 0 Å². The lowest BCUT2D eigenvalue weighted by molar-refractivity contribution is -0.140. The van der Waals surface area contributed by atoms with Gasteiger partial charge in [-0.25, -0.2) is 0 Å². The lowest BCUT2D eigenvalue weighted by Crippen LogP contribution is -2.46. The maximum absolute atomic E-state index is 13.5. The van der Waals surface area contributed by atoms with Crippen LogP contribution in [0, 0.1) is 6.92 Å². The smallest absolute Gasteiger partial charge is 0.247 e. The maximum atomic E-state index is 13.5. The third-order valence-corrected chi connectivity index (χ3v) is 6.59. The van der Waals surface area contributed by atoms with Crippen LogP contribution < -0.4 is 5.32 Å². The number of hydrogen-bond acceptors (Lipinski definition) is 3. The van der Waals surface area contributed by atoms with Crippen LogP contribution in [0.25, 0.3) is 0 Å². The van der Waals surface area contributed by atoms with E-state index in [-0.39, 0.29) is 23.7 Å². The van der Waals surface area contributed by atoms with Crippen molar-refractivity contribution < 1.29 is 9.59 Å². The SMILES string of the molecule is Cc1ccc([C@H](C(=O)NC2CCCCCC2)N(Cc2cccs2)C(=O)CCl)cc1.